The summed E-state index contributed by atoms with van der Waals surface area (Å²) < 4.78 is 56.1. The average molecular weight is 474 g/mol. The number of rotatable bonds is 7. The molecule has 1 aliphatic rings. The summed E-state index contributed by atoms with van der Waals surface area (Å²) in [5.74, 6) is 0.451. The summed E-state index contributed by atoms with van der Waals surface area (Å²) in [6, 6.07) is 11.2. The Hall–Kier alpha value is -2.56. The van der Waals surface area contributed by atoms with Gasteiger partial charge in [-0.3, -0.25) is 10.2 Å². The van der Waals surface area contributed by atoms with E-state index in [1.165, 1.54) is 31.4 Å². The van der Waals surface area contributed by atoms with Crippen LogP contribution in [0, 0.1) is 0 Å². The first-order valence-corrected chi connectivity index (χ1v) is 10.2. The summed E-state index contributed by atoms with van der Waals surface area (Å²) in [7, 11) is 1.51. The number of amides is 1. The van der Waals surface area contributed by atoms with Crippen molar-refractivity contribution in [3.05, 3.63) is 53.2 Å². The van der Waals surface area contributed by atoms with E-state index in [4.69, 9.17) is 25.8 Å². The predicted molar refractivity (Wildman–Crippen MR) is 112 cm³/mol. The number of anilines is 1. The molecule has 2 aromatic rings. The zero-order valence-corrected chi connectivity index (χ0v) is 18.0. The van der Waals surface area contributed by atoms with Gasteiger partial charge in [-0.25, -0.2) is 9.78 Å². The summed E-state index contributed by atoms with van der Waals surface area (Å²) in [6.45, 7) is 0.295. The van der Waals surface area contributed by atoms with Crippen LogP contribution in [0.15, 0.2) is 42.5 Å². The van der Waals surface area contributed by atoms with Gasteiger partial charge in [-0.2, -0.15) is 13.2 Å². The highest BCUT2D eigenvalue weighted by molar-refractivity contribution is 6.30. The molecular formula is C21H23ClF3N3O4. The molecule has 0 aliphatic carbocycles. The molecule has 2 heterocycles. The Morgan fingerprint density at radius 2 is 2.06 bits per heavy atom. The van der Waals surface area contributed by atoms with E-state index in [1.54, 1.807) is 23.1 Å². The lowest BCUT2D eigenvalue weighted by Gasteiger charge is -2.35. The number of ether oxygens (including phenoxy) is 3. The number of carbonyl (C=O) groups is 1. The maximum absolute atomic E-state index is 13.6. The third kappa shape index (κ3) is 7.25. The van der Waals surface area contributed by atoms with Gasteiger partial charge in [-0.1, -0.05) is 17.7 Å². The first kappa shape index (κ1) is 24.1. The molecule has 1 fully saturated rings. The minimum atomic E-state index is -4.72. The molecule has 174 valence electrons. The molecule has 1 amide bonds. The first-order valence-electron chi connectivity index (χ1n) is 9.86. The molecule has 0 radical (unpaired) electrons. The van der Waals surface area contributed by atoms with E-state index in [0.717, 1.165) is 0 Å². The lowest BCUT2D eigenvalue weighted by atomic mass is 10.1. The summed E-state index contributed by atoms with van der Waals surface area (Å²) in [5, 5.41) is 2.71. The van der Waals surface area contributed by atoms with Crippen molar-refractivity contribution in [1.82, 2.24) is 9.88 Å². The maximum Gasteiger partial charge on any atom is 0.426 e. The van der Waals surface area contributed by atoms with Crippen LogP contribution in [0.5, 0.6) is 5.88 Å². The van der Waals surface area contributed by atoms with Crippen LogP contribution >= 0.6 is 11.6 Å². The van der Waals surface area contributed by atoms with Crippen molar-refractivity contribution in [1.29, 1.82) is 0 Å². The second kappa shape index (κ2) is 10.8. The van der Waals surface area contributed by atoms with Crippen molar-refractivity contribution in [2.24, 2.45) is 0 Å². The Kier molecular flexibility index (Phi) is 8.16. The summed E-state index contributed by atoms with van der Waals surface area (Å²) >= 11 is 5.76. The highest BCUT2D eigenvalue weighted by atomic mass is 35.5. The topological polar surface area (TPSA) is 72.9 Å². The SMILES string of the molecule is COc1cccc(C[C@@H]2CN(C[C@H](OC(=O)Nc3ccc(Cl)cc3)C(F)(F)F)CCO2)n1. The van der Waals surface area contributed by atoms with Crippen LogP contribution in [0.3, 0.4) is 0 Å². The number of pyridine rings is 1. The Morgan fingerprint density at radius 1 is 1.31 bits per heavy atom. The summed E-state index contributed by atoms with van der Waals surface area (Å²) in [5.41, 5.74) is 0.986. The smallest absolute Gasteiger partial charge is 0.426 e. The number of alkyl halides is 3. The summed E-state index contributed by atoms with van der Waals surface area (Å²) in [6.07, 6.45) is -8.13. The van der Waals surface area contributed by atoms with Gasteiger partial charge in [-0.05, 0) is 30.3 Å². The van der Waals surface area contributed by atoms with E-state index < -0.39 is 24.9 Å². The number of benzene rings is 1. The molecule has 11 heteroatoms. The molecule has 0 saturated carbocycles. The number of morpholine rings is 1. The van der Waals surface area contributed by atoms with Gasteiger partial charge in [-0.15, -0.1) is 0 Å². The third-order valence-electron chi connectivity index (χ3n) is 4.78. The monoisotopic (exact) mass is 473 g/mol. The Bertz CT molecular complexity index is 899. The van der Waals surface area contributed by atoms with Gasteiger partial charge in [0.25, 0.3) is 0 Å². The third-order valence-corrected chi connectivity index (χ3v) is 5.03. The van der Waals surface area contributed by atoms with Gasteiger partial charge in [0.15, 0.2) is 0 Å². The molecule has 1 aliphatic heterocycles. The number of carbonyl (C=O) groups excluding carboxylic acids is 1. The molecule has 1 aromatic carbocycles. The number of nitrogens with one attached hydrogen (secondary N) is 1. The highest BCUT2D eigenvalue weighted by Gasteiger charge is 2.44. The molecule has 32 heavy (non-hydrogen) atoms. The molecule has 3 rings (SSSR count). The molecule has 7 nitrogen and oxygen atoms in total. The molecule has 2 atom stereocenters. The van der Waals surface area contributed by atoms with Gasteiger partial charge in [0, 0.05) is 48.5 Å². The second-order valence-electron chi connectivity index (χ2n) is 7.20. The fraction of sp³-hybridized carbons (Fsp3) is 0.429. The minimum absolute atomic E-state index is 0.244. The number of halogens is 4. The molecule has 0 unspecified atom stereocenters. The van der Waals surface area contributed by atoms with Crippen molar-refractivity contribution < 1.29 is 32.2 Å². The van der Waals surface area contributed by atoms with Gasteiger partial charge in [0.05, 0.1) is 19.8 Å². The number of hydrogen-bond acceptors (Lipinski definition) is 6. The molecule has 1 saturated heterocycles. The predicted octanol–water partition coefficient (Wildman–Crippen LogP) is 4.17. The van der Waals surface area contributed by atoms with Crippen molar-refractivity contribution >= 4 is 23.4 Å². The van der Waals surface area contributed by atoms with Crippen LogP contribution in [-0.2, 0) is 15.9 Å². The fourth-order valence-electron chi connectivity index (χ4n) is 3.24. The van der Waals surface area contributed by atoms with E-state index in [1.807, 2.05) is 0 Å². The van der Waals surface area contributed by atoms with E-state index in [-0.39, 0.29) is 31.5 Å². The van der Waals surface area contributed by atoms with Crippen LogP contribution in [0.1, 0.15) is 5.69 Å². The van der Waals surface area contributed by atoms with E-state index in [2.05, 4.69) is 10.3 Å². The second-order valence-corrected chi connectivity index (χ2v) is 7.63. The van der Waals surface area contributed by atoms with Gasteiger partial charge < -0.3 is 14.2 Å². The van der Waals surface area contributed by atoms with Crippen molar-refractivity contribution in [2.75, 3.05) is 38.7 Å². The number of hydrogen-bond donors (Lipinski definition) is 1. The minimum Gasteiger partial charge on any atom is -0.481 e. The standard InChI is InChI=1S/C21H23ClF3N3O4/c1-30-19-4-2-3-16(26-19)11-17-12-28(9-10-31-17)13-18(21(23,24)25)32-20(29)27-15-7-5-14(22)6-8-15/h2-8,17-18H,9-13H2,1H3,(H,27,29)/t17-,18+/m1/s1. The molecule has 1 N–H and O–H groups in total. The largest absolute Gasteiger partial charge is 0.481 e. The Balaban J connectivity index is 1.58. The van der Waals surface area contributed by atoms with Crippen LogP contribution in [0.25, 0.3) is 0 Å². The van der Waals surface area contributed by atoms with Crippen LogP contribution < -0.4 is 10.1 Å². The van der Waals surface area contributed by atoms with Gasteiger partial charge in [0.2, 0.25) is 12.0 Å². The normalized spacial score (nSPS) is 18.1. The van der Waals surface area contributed by atoms with Crippen LogP contribution in [0.2, 0.25) is 5.02 Å². The van der Waals surface area contributed by atoms with Gasteiger partial charge in [0.1, 0.15) is 0 Å². The van der Waals surface area contributed by atoms with Crippen LogP contribution in [0.4, 0.5) is 23.7 Å². The Labute approximate surface area is 188 Å². The number of methoxy groups -OCH3 is 1. The first-order chi connectivity index (χ1) is 15.2. The molecule has 0 bridgehead atoms. The molecular weight excluding hydrogens is 451 g/mol. The summed E-state index contributed by atoms with van der Waals surface area (Å²) in [4.78, 5) is 17.9. The molecule has 1 aromatic heterocycles. The van der Waals surface area contributed by atoms with Crippen molar-refractivity contribution in [3.8, 4) is 5.88 Å². The van der Waals surface area contributed by atoms with Gasteiger partial charge >= 0.3 is 12.3 Å². The average Bonchev–Trinajstić information content (AvgIpc) is 2.75. The van der Waals surface area contributed by atoms with Crippen molar-refractivity contribution in [3.63, 3.8) is 0 Å². The maximum atomic E-state index is 13.6. The van der Waals surface area contributed by atoms with E-state index in [9.17, 15) is 18.0 Å². The fourth-order valence-corrected chi connectivity index (χ4v) is 3.37. The zero-order valence-electron chi connectivity index (χ0n) is 17.3. The highest BCUT2D eigenvalue weighted by Crippen LogP contribution is 2.25. The van der Waals surface area contributed by atoms with Crippen LogP contribution in [-0.4, -0.2) is 67.7 Å². The Morgan fingerprint density at radius 3 is 2.75 bits per heavy atom. The van der Waals surface area contributed by atoms with Crippen molar-refractivity contribution in [2.45, 2.75) is 24.8 Å². The van der Waals surface area contributed by atoms with E-state index in [0.29, 0.717) is 23.0 Å². The van der Waals surface area contributed by atoms with E-state index >= 15 is 0 Å². The quantitative estimate of drug-likeness (QED) is 0.651. The lowest BCUT2D eigenvalue weighted by Crippen LogP contribution is -2.50. The number of nitrogens with zero attached hydrogens (tertiary/aromatic N) is 2. The molecule has 0 spiro atoms. The lowest BCUT2D eigenvalue weighted by molar-refractivity contribution is -0.209. The number of aromatic nitrogens is 1. The zero-order chi connectivity index (χ0) is 23.1.